The Labute approximate surface area is 173 Å². The highest BCUT2D eigenvalue weighted by atomic mass is 31.1. The van der Waals surface area contributed by atoms with E-state index in [1.54, 1.807) is 0 Å². The Bertz CT molecular complexity index is 1050. The van der Waals surface area contributed by atoms with E-state index in [0.29, 0.717) is 5.56 Å². The minimum absolute atomic E-state index is 0.0313. The standard InChI is InChI=1S/C27H21OP/c28-26(22-13-5-1-6-14-22)21-27(23-15-7-2-8-16-23)29(24-17-9-3-10-18-24)25-19-11-4-12-20-25/h1-21H/b27-21+. The zero-order valence-corrected chi connectivity index (χ0v) is 16.9. The van der Waals surface area contributed by atoms with E-state index in [-0.39, 0.29) is 5.78 Å². The van der Waals surface area contributed by atoms with Gasteiger partial charge in [-0.2, -0.15) is 0 Å². The van der Waals surface area contributed by atoms with Crippen LogP contribution in [0.3, 0.4) is 0 Å². The molecule has 0 saturated heterocycles. The molecule has 0 saturated carbocycles. The van der Waals surface area contributed by atoms with Gasteiger partial charge in [0.2, 0.25) is 0 Å². The molecule has 0 unspecified atom stereocenters. The topological polar surface area (TPSA) is 17.1 Å². The Morgan fingerprint density at radius 3 is 1.34 bits per heavy atom. The predicted molar refractivity (Wildman–Crippen MR) is 124 cm³/mol. The highest BCUT2D eigenvalue weighted by Crippen LogP contribution is 2.48. The van der Waals surface area contributed by atoms with E-state index in [1.807, 2.05) is 66.7 Å². The molecule has 0 spiro atoms. The summed E-state index contributed by atoms with van der Waals surface area (Å²) in [5.74, 6) is 0.0313. The van der Waals surface area contributed by atoms with Crippen molar-refractivity contribution in [1.82, 2.24) is 0 Å². The summed E-state index contributed by atoms with van der Waals surface area (Å²) in [5, 5.41) is 3.51. The molecule has 0 aliphatic heterocycles. The Balaban J connectivity index is 1.90. The fourth-order valence-corrected chi connectivity index (χ4v) is 5.73. The van der Waals surface area contributed by atoms with Gasteiger partial charge in [0.25, 0.3) is 0 Å². The number of benzene rings is 4. The van der Waals surface area contributed by atoms with Crippen LogP contribution in [0.2, 0.25) is 0 Å². The Morgan fingerprint density at radius 1 is 0.517 bits per heavy atom. The van der Waals surface area contributed by atoms with Crippen LogP contribution in [0.4, 0.5) is 0 Å². The summed E-state index contributed by atoms with van der Waals surface area (Å²) in [6, 6.07) is 40.7. The lowest BCUT2D eigenvalue weighted by Gasteiger charge is -2.22. The van der Waals surface area contributed by atoms with Gasteiger partial charge in [0.15, 0.2) is 5.78 Å². The van der Waals surface area contributed by atoms with Crippen LogP contribution in [0.15, 0.2) is 127 Å². The molecule has 0 aromatic heterocycles. The predicted octanol–water partition coefficient (Wildman–Crippen LogP) is 6.04. The number of carbonyl (C=O) groups is 1. The second-order valence-corrected chi connectivity index (χ2v) is 8.82. The summed E-state index contributed by atoms with van der Waals surface area (Å²) in [6.07, 6.45) is 1.83. The van der Waals surface area contributed by atoms with Crippen LogP contribution in [-0.2, 0) is 0 Å². The van der Waals surface area contributed by atoms with Crippen molar-refractivity contribution in [3.8, 4) is 0 Å². The molecule has 140 valence electrons. The summed E-state index contributed by atoms with van der Waals surface area (Å²) in [6.45, 7) is 0. The first-order valence-electron chi connectivity index (χ1n) is 9.60. The second-order valence-electron chi connectivity index (χ2n) is 6.63. The lowest BCUT2D eigenvalue weighted by molar-refractivity contribution is 0.104. The molecule has 4 rings (SSSR count). The van der Waals surface area contributed by atoms with Crippen LogP contribution in [0.5, 0.6) is 0 Å². The third-order valence-corrected chi connectivity index (χ3v) is 7.16. The molecule has 0 radical (unpaired) electrons. The normalized spacial score (nSPS) is 11.4. The van der Waals surface area contributed by atoms with Crippen LogP contribution in [-0.4, -0.2) is 5.78 Å². The van der Waals surface area contributed by atoms with Gasteiger partial charge in [-0.05, 0) is 35.5 Å². The minimum Gasteiger partial charge on any atom is -0.289 e. The maximum atomic E-state index is 13.1. The van der Waals surface area contributed by atoms with Gasteiger partial charge in [-0.25, -0.2) is 0 Å². The molecule has 0 N–H and O–H groups in total. The largest absolute Gasteiger partial charge is 0.289 e. The lowest BCUT2D eigenvalue weighted by Crippen LogP contribution is -2.13. The molecule has 4 aromatic rings. The molecule has 0 aliphatic carbocycles. The summed E-state index contributed by atoms with van der Waals surface area (Å²) >= 11 is 0. The molecule has 2 heteroatoms. The Kier molecular flexibility index (Phi) is 6.10. The summed E-state index contributed by atoms with van der Waals surface area (Å²) in [4.78, 5) is 13.1. The fourth-order valence-electron chi connectivity index (χ4n) is 3.28. The lowest BCUT2D eigenvalue weighted by atomic mass is 10.1. The van der Waals surface area contributed by atoms with Crippen molar-refractivity contribution >= 4 is 29.6 Å². The zero-order chi connectivity index (χ0) is 19.9. The maximum Gasteiger partial charge on any atom is 0.186 e. The number of carbonyl (C=O) groups excluding carboxylic acids is 1. The van der Waals surface area contributed by atoms with Gasteiger partial charge in [0.05, 0.1) is 0 Å². The third-order valence-electron chi connectivity index (χ3n) is 4.67. The van der Waals surface area contributed by atoms with E-state index in [9.17, 15) is 4.79 Å². The summed E-state index contributed by atoms with van der Waals surface area (Å²) < 4.78 is 0. The van der Waals surface area contributed by atoms with Crippen molar-refractivity contribution in [3.63, 3.8) is 0 Å². The van der Waals surface area contributed by atoms with E-state index >= 15 is 0 Å². The first-order valence-corrected chi connectivity index (χ1v) is 10.9. The fraction of sp³-hybridized carbons (Fsp3) is 0. The maximum absolute atomic E-state index is 13.1. The van der Waals surface area contributed by atoms with Gasteiger partial charge in [-0.1, -0.05) is 121 Å². The van der Waals surface area contributed by atoms with Crippen molar-refractivity contribution < 1.29 is 4.79 Å². The van der Waals surface area contributed by atoms with Crippen molar-refractivity contribution in [1.29, 1.82) is 0 Å². The van der Waals surface area contributed by atoms with E-state index in [4.69, 9.17) is 0 Å². The number of ketones is 1. The van der Waals surface area contributed by atoms with Crippen molar-refractivity contribution in [2.24, 2.45) is 0 Å². The van der Waals surface area contributed by atoms with Gasteiger partial charge in [-0.15, -0.1) is 0 Å². The van der Waals surface area contributed by atoms with Crippen molar-refractivity contribution in [2.45, 2.75) is 0 Å². The molecular formula is C27H21OP. The molecule has 29 heavy (non-hydrogen) atoms. The van der Waals surface area contributed by atoms with Crippen LogP contribution in [0.25, 0.3) is 5.31 Å². The highest BCUT2D eigenvalue weighted by Gasteiger charge is 2.21. The van der Waals surface area contributed by atoms with Gasteiger partial charge in [0.1, 0.15) is 0 Å². The molecule has 0 amide bonds. The van der Waals surface area contributed by atoms with E-state index < -0.39 is 7.92 Å². The first kappa shape index (κ1) is 19.1. The molecule has 0 bridgehead atoms. The molecular weight excluding hydrogens is 371 g/mol. The minimum atomic E-state index is -0.873. The monoisotopic (exact) mass is 392 g/mol. The Morgan fingerprint density at radius 2 is 0.897 bits per heavy atom. The average Bonchev–Trinajstić information content (AvgIpc) is 2.81. The number of allylic oxidation sites excluding steroid dienone is 1. The van der Waals surface area contributed by atoms with Crippen LogP contribution in [0, 0.1) is 0 Å². The highest BCUT2D eigenvalue weighted by molar-refractivity contribution is 7.82. The quantitative estimate of drug-likeness (QED) is 0.222. The molecule has 0 fully saturated rings. The molecule has 0 atom stereocenters. The average molecular weight is 392 g/mol. The van der Waals surface area contributed by atoms with Crippen LogP contribution >= 0.6 is 7.92 Å². The van der Waals surface area contributed by atoms with Crippen LogP contribution < -0.4 is 10.6 Å². The number of hydrogen-bond donors (Lipinski definition) is 0. The van der Waals surface area contributed by atoms with E-state index in [0.717, 1.165) is 10.9 Å². The van der Waals surface area contributed by atoms with Gasteiger partial charge in [-0.3, -0.25) is 4.79 Å². The molecule has 0 aliphatic rings. The second kappa shape index (κ2) is 9.28. The number of rotatable bonds is 6. The summed E-state index contributed by atoms with van der Waals surface area (Å²) in [5.41, 5.74) is 1.78. The first-order chi connectivity index (χ1) is 14.3. The SMILES string of the molecule is O=C(/C=C(\c1ccccc1)P(c1ccccc1)c1ccccc1)c1ccccc1. The Hall–Kier alpha value is -3.28. The molecule has 4 aromatic carbocycles. The van der Waals surface area contributed by atoms with Gasteiger partial charge < -0.3 is 0 Å². The van der Waals surface area contributed by atoms with Crippen molar-refractivity contribution in [3.05, 3.63) is 139 Å². The molecule has 0 heterocycles. The van der Waals surface area contributed by atoms with E-state index in [1.165, 1.54) is 10.6 Å². The number of hydrogen-bond acceptors (Lipinski definition) is 1. The molecule has 1 nitrogen and oxygen atoms in total. The van der Waals surface area contributed by atoms with Crippen LogP contribution in [0.1, 0.15) is 15.9 Å². The van der Waals surface area contributed by atoms with E-state index in [2.05, 4.69) is 60.7 Å². The summed E-state index contributed by atoms with van der Waals surface area (Å²) in [7, 11) is -0.873. The third kappa shape index (κ3) is 4.59. The van der Waals surface area contributed by atoms with Gasteiger partial charge >= 0.3 is 0 Å². The van der Waals surface area contributed by atoms with Gasteiger partial charge in [0, 0.05) is 5.56 Å². The van der Waals surface area contributed by atoms with Crippen molar-refractivity contribution in [2.75, 3.05) is 0 Å². The zero-order valence-electron chi connectivity index (χ0n) is 16.0. The smallest absolute Gasteiger partial charge is 0.186 e.